The van der Waals surface area contributed by atoms with Crippen LogP contribution in [0.4, 0.5) is 0 Å². The van der Waals surface area contributed by atoms with Crippen LogP contribution in [0.3, 0.4) is 0 Å². The highest BCUT2D eigenvalue weighted by Gasteiger charge is 2.00. The molecule has 13 heavy (non-hydrogen) atoms. The van der Waals surface area contributed by atoms with Gasteiger partial charge in [0.15, 0.2) is 11.5 Å². The Balaban J connectivity index is 2.63. The van der Waals surface area contributed by atoms with E-state index in [-0.39, 0.29) is 11.5 Å². The molecule has 0 fully saturated rings. The van der Waals surface area contributed by atoms with Gasteiger partial charge in [0.25, 0.3) is 0 Å². The molecule has 0 radical (unpaired) electrons. The molecule has 0 atom stereocenters. The Bertz CT molecular complexity index is 287. The highest BCUT2D eigenvalue weighted by Crippen LogP contribution is 2.24. The Kier molecular flexibility index (Phi) is 3.11. The zero-order valence-electron chi connectivity index (χ0n) is 7.57. The predicted molar refractivity (Wildman–Crippen MR) is 50.3 cm³/mol. The van der Waals surface area contributed by atoms with Gasteiger partial charge in [-0.25, -0.2) is 5.01 Å². The molecule has 0 unspecified atom stereocenters. The lowest BCUT2D eigenvalue weighted by Crippen LogP contribution is -2.28. The topological polar surface area (TPSA) is 69.7 Å². The van der Waals surface area contributed by atoms with Crippen molar-refractivity contribution < 1.29 is 10.2 Å². The zero-order valence-corrected chi connectivity index (χ0v) is 7.57. The molecule has 4 heteroatoms. The average molecular weight is 182 g/mol. The molecular weight excluding hydrogens is 168 g/mol. The number of hydrogen-bond donors (Lipinski definition) is 3. The molecule has 0 heterocycles. The second-order valence-corrected chi connectivity index (χ2v) is 3.05. The van der Waals surface area contributed by atoms with Gasteiger partial charge >= 0.3 is 0 Å². The molecule has 72 valence electrons. The van der Waals surface area contributed by atoms with Crippen molar-refractivity contribution in [3.63, 3.8) is 0 Å². The lowest BCUT2D eigenvalue weighted by atomic mass is 10.1. The minimum Gasteiger partial charge on any atom is -0.504 e. The summed E-state index contributed by atoms with van der Waals surface area (Å²) in [4.78, 5) is 0. The van der Waals surface area contributed by atoms with Crippen LogP contribution in [0.25, 0.3) is 0 Å². The van der Waals surface area contributed by atoms with Gasteiger partial charge in [0.05, 0.1) is 0 Å². The Morgan fingerprint density at radius 1 is 1.31 bits per heavy atom. The largest absolute Gasteiger partial charge is 0.504 e. The first kappa shape index (κ1) is 9.83. The number of likely N-dealkylation sites (N-methyl/N-ethyl adjacent to an activating group) is 1. The summed E-state index contributed by atoms with van der Waals surface area (Å²) in [5.74, 6) is 5.25. The van der Waals surface area contributed by atoms with Crippen LogP contribution in [-0.2, 0) is 6.42 Å². The van der Waals surface area contributed by atoms with E-state index >= 15 is 0 Å². The number of nitrogens with two attached hydrogens (primary N) is 1. The minimum absolute atomic E-state index is 0.0859. The van der Waals surface area contributed by atoms with Gasteiger partial charge in [-0.2, -0.15) is 0 Å². The van der Waals surface area contributed by atoms with Gasteiger partial charge in [-0.3, -0.25) is 5.84 Å². The molecule has 4 nitrogen and oxygen atoms in total. The molecule has 1 aromatic rings. The molecule has 0 aliphatic carbocycles. The van der Waals surface area contributed by atoms with Crippen molar-refractivity contribution in [3.8, 4) is 11.5 Å². The van der Waals surface area contributed by atoms with Crippen LogP contribution in [0, 0.1) is 0 Å². The smallest absolute Gasteiger partial charge is 0.157 e. The van der Waals surface area contributed by atoms with Crippen LogP contribution < -0.4 is 5.84 Å². The molecule has 0 saturated carbocycles. The van der Waals surface area contributed by atoms with Crippen LogP contribution in [-0.4, -0.2) is 28.8 Å². The number of phenols is 2. The number of hydrogen-bond acceptors (Lipinski definition) is 4. The predicted octanol–water partition coefficient (Wildman–Crippen LogP) is 0.446. The summed E-state index contributed by atoms with van der Waals surface area (Å²) in [5, 5.41) is 19.8. The normalized spacial score (nSPS) is 10.7. The minimum atomic E-state index is -0.0927. The lowest BCUT2D eigenvalue weighted by molar-refractivity contribution is 0.353. The molecule has 0 saturated heterocycles. The van der Waals surface area contributed by atoms with E-state index < -0.39 is 0 Å². The van der Waals surface area contributed by atoms with Crippen molar-refractivity contribution in [1.82, 2.24) is 5.01 Å². The van der Waals surface area contributed by atoms with Gasteiger partial charge < -0.3 is 10.2 Å². The molecule has 4 N–H and O–H groups in total. The van der Waals surface area contributed by atoms with Gasteiger partial charge in [-0.05, 0) is 24.1 Å². The fourth-order valence-corrected chi connectivity index (χ4v) is 1.03. The highest BCUT2D eigenvalue weighted by atomic mass is 16.3. The standard InChI is InChI=1S/C9H14N2O2/c1-11(10)5-4-7-2-3-8(12)9(13)6-7/h2-3,6,12-13H,4-5,10H2,1H3. The fraction of sp³-hybridized carbons (Fsp3) is 0.333. The molecule has 1 rings (SSSR count). The Morgan fingerprint density at radius 2 is 2.00 bits per heavy atom. The molecule has 0 spiro atoms. The number of benzene rings is 1. The van der Waals surface area contributed by atoms with Crippen LogP contribution in [0.1, 0.15) is 5.56 Å². The van der Waals surface area contributed by atoms with Crippen molar-refractivity contribution in [2.24, 2.45) is 5.84 Å². The van der Waals surface area contributed by atoms with Crippen molar-refractivity contribution in [1.29, 1.82) is 0 Å². The number of hydrazine groups is 1. The van der Waals surface area contributed by atoms with Gasteiger partial charge in [-0.1, -0.05) is 6.07 Å². The van der Waals surface area contributed by atoms with E-state index in [1.165, 1.54) is 6.07 Å². The Labute approximate surface area is 77.2 Å². The Morgan fingerprint density at radius 3 is 2.54 bits per heavy atom. The average Bonchev–Trinajstić information content (AvgIpc) is 2.07. The monoisotopic (exact) mass is 182 g/mol. The second kappa shape index (κ2) is 4.11. The maximum atomic E-state index is 9.17. The van der Waals surface area contributed by atoms with Gasteiger partial charge in [0, 0.05) is 13.6 Å². The van der Waals surface area contributed by atoms with Crippen molar-refractivity contribution in [2.75, 3.05) is 13.6 Å². The molecule has 0 aromatic heterocycles. The third-order valence-corrected chi connectivity index (χ3v) is 1.79. The molecule has 1 aromatic carbocycles. The third-order valence-electron chi connectivity index (χ3n) is 1.79. The maximum Gasteiger partial charge on any atom is 0.157 e. The van der Waals surface area contributed by atoms with E-state index in [1.54, 1.807) is 24.2 Å². The summed E-state index contributed by atoms with van der Waals surface area (Å²) < 4.78 is 0. The van der Waals surface area contributed by atoms with E-state index in [0.717, 1.165) is 12.0 Å². The summed E-state index contributed by atoms with van der Waals surface area (Å²) in [6.07, 6.45) is 0.751. The van der Waals surface area contributed by atoms with Crippen molar-refractivity contribution >= 4 is 0 Å². The maximum absolute atomic E-state index is 9.17. The van der Waals surface area contributed by atoms with Gasteiger partial charge in [-0.15, -0.1) is 0 Å². The van der Waals surface area contributed by atoms with Crippen LogP contribution in [0.2, 0.25) is 0 Å². The van der Waals surface area contributed by atoms with E-state index in [9.17, 15) is 5.11 Å². The van der Waals surface area contributed by atoms with E-state index in [0.29, 0.717) is 6.54 Å². The first-order valence-electron chi connectivity index (χ1n) is 4.06. The summed E-state index contributed by atoms with van der Waals surface area (Å²) >= 11 is 0. The quantitative estimate of drug-likeness (QED) is 0.360. The summed E-state index contributed by atoms with van der Waals surface area (Å²) in [7, 11) is 1.78. The summed E-state index contributed by atoms with van der Waals surface area (Å²) in [6.45, 7) is 0.713. The van der Waals surface area contributed by atoms with Crippen LogP contribution >= 0.6 is 0 Å². The fourth-order valence-electron chi connectivity index (χ4n) is 1.03. The molecule has 0 aliphatic rings. The van der Waals surface area contributed by atoms with E-state index in [2.05, 4.69) is 0 Å². The SMILES string of the molecule is CN(N)CCc1ccc(O)c(O)c1. The first-order chi connectivity index (χ1) is 6.09. The number of phenolic OH excluding ortho intramolecular Hbond substituents is 2. The molecule has 0 bridgehead atoms. The van der Waals surface area contributed by atoms with Crippen LogP contribution in [0.5, 0.6) is 11.5 Å². The zero-order chi connectivity index (χ0) is 9.84. The Hall–Kier alpha value is -1.26. The van der Waals surface area contributed by atoms with Crippen molar-refractivity contribution in [2.45, 2.75) is 6.42 Å². The van der Waals surface area contributed by atoms with Crippen molar-refractivity contribution in [3.05, 3.63) is 23.8 Å². The van der Waals surface area contributed by atoms with Gasteiger partial charge in [0.1, 0.15) is 0 Å². The molecule has 0 aliphatic heterocycles. The summed E-state index contributed by atoms with van der Waals surface area (Å²) in [6, 6.07) is 4.78. The number of nitrogens with zero attached hydrogens (tertiary/aromatic N) is 1. The highest BCUT2D eigenvalue weighted by molar-refractivity contribution is 5.40. The molecule has 0 amide bonds. The third kappa shape index (κ3) is 2.93. The molecular formula is C9H14N2O2. The number of aromatic hydroxyl groups is 2. The second-order valence-electron chi connectivity index (χ2n) is 3.05. The first-order valence-corrected chi connectivity index (χ1v) is 4.06. The van der Waals surface area contributed by atoms with E-state index in [4.69, 9.17) is 10.9 Å². The lowest BCUT2D eigenvalue weighted by Gasteiger charge is -2.09. The summed E-state index contributed by atoms with van der Waals surface area (Å²) in [5.41, 5.74) is 0.951. The van der Waals surface area contributed by atoms with Gasteiger partial charge in [0.2, 0.25) is 0 Å². The number of rotatable bonds is 3. The van der Waals surface area contributed by atoms with E-state index in [1.807, 2.05) is 0 Å². The van der Waals surface area contributed by atoms with Crippen LogP contribution in [0.15, 0.2) is 18.2 Å².